The number of anilines is 1. The summed E-state index contributed by atoms with van der Waals surface area (Å²) >= 11 is 0. The number of nitrogens with zero attached hydrogens (tertiary/aromatic N) is 3. The van der Waals surface area contributed by atoms with E-state index in [0.29, 0.717) is 19.0 Å². The third kappa shape index (κ3) is 4.98. The number of nitrogens with one attached hydrogen (secondary N) is 3. The van der Waals surface area contributed by atoms with Crippen molar-refractivity contribution in [1.82, 2.24) is 20.4 Å². The highest BCUT2D eigenvalue weighted by molar-refractivity contribution is 5.95. The molecular weight excluding hydrogens is 349 g/mol. The van der Waals surface area contributed by atoms with Gasteiger partial charge in [0, 0.05) is 19.8 Å². The van der Waals surface area contributed by atoms with Crippen LogP contribution < -0.4 is 16.0 Å². The second-order valence-corrected chi connectivity index (χ2v) is 5.27. The van der Waals surface area contributed by atoms with Gasteiger partial charge in [-0.3, -0.25) is 9.48 Å². The quantitative estimate of drug-likeness (QED) is 0.410. The highest BCUT2D eigenvalue weighted by atomic mass is 19.2. The Labute approximate surface area is 148 Å². The number of carbonyl (C=O) groups is 1. The summed E-state index contributed by atoms with van der Waals surface area (Å²) in [5.74, 6) is -4.68. The fraction of sp³-hybridized carbons (Fsp3) is 0.312. The second-order valence-electron chi connectivity index (χ2n) is 5.27. The first-order valence-electron chi connectivity index (χ1n) is 7.84. The van der Waals surface area contributed by atoms with Gasteiger partial charge >= 0.3 is 0 Å². The van der Waals surface area contributed by atoms with Crippen molar-refractivity contribution in [2.24, 2.45) is 12.0 Å². The largest absolute Gasteiger partial charge is 0.357 e. The lowest BCUT2D eigenvalue weighted by molar-refractivity contribution is -0.115. The van der Waals surface area contributed by atoms with Gasteiger partial charge in [0.25, 0.3) is 0 Å². The van der Waals surface area contributed by atoms with E-state index >= 15 is 0 Å². The van der Waals surface area contributed by atoms with E-state index < -0.39 is 29.0 Å². The molecule has 0 aliphatic rings. The van der Waals surface area contributed by atoms with Gasteiger partial charge in [0.15, 0.2) is 23.4 Å². The van der Waals surface area contributed by atoms with Crippen LogP contribution in [-0.2, 0) is 18.4 Å². The minimum absolute atomic E-state index is 0.240. The summed E-state index contributed by atoms with van der Waals surface area (Å²) in [5, 5.41) is 11.9. The van der Waals surface area contributed by atoms with Crippen LogP contribution >= 0.6 is 0 Å². The highest BCUT2D eigenvalue weighted by Gasteiger charge is 2.15. The van der Waals surface area contributed by atoms with E-state index in [-0.39, 0.29) is 6.54 Å². The first kappa shape index (κ1) is 19.3. The zero-order valence-corrected chi connectivity index (χ0v) is 14.3. The van der Waals surface area contributed by atoms with Crippen LogP contribution in [0.15, 0.2) is 29.4 Å². The Kier molecular flexibility index (Phi) is 6.59. The van der Waals surface area contributed by atoms with Gasteiger partial charge in [-0.15, -0.1) is 0 Å². The van der Waals surface area contributed by atoms with Crippen molar-refractivity contribution in [1.29, 1.82) is 0 Å². The lowest BCUT2D eigenvalue weighted by Crippen LogP contribution is -2.41. The standard InChI is InChI=1S/C16H19F3N6O/c1-3-20-16(21-8-10-6-7-23-25(10)2)22-9-13(26)24-12-5-4-11(17)14(18)15(12)19/h4-7H,3,8-9H2,1-2H3,(H,24,26)(H2,20,21,22). The Morgan fingerprint density at radius 1 is 1.19 bits per heavy atom. The monoisotopic (exact) mass is 368 g/mol. The lowest BCUT2D eigenvalue weighted by Gasteiger charge is -2.12. The number of benzene rings is 1. The first-order chi connectivity index (χ1) is 12.4. The molecule has 7 nitrogen and oxygen atoms in total. The number of hydrogen-bond donors (Lipinski definition) is 3. The maximum Gasteiger partial charge on any atom is 0.243 e. The molecule has 0 fully saturated rings. The second kappa shape index (κ2) is 8.88. The Morgan fingerprint density at radius 3 is 2.62 bits per heavy atom. The van der Waals surface area contributed by atoms with Crippen molar-refractivity contribution < 1.29 is 18.0 Å². The summed E-state index contributed by atoms with van der Waals surface area (Å²) in [6.07, 6.45) is 1.65. The van der Waals surface area contributed by atoms with Gasteiger partial charge in [0.1, 0.15) is 0 Å². The van der Waals surface area contributed by atoms with E-state index in [0.717, 1.165) is 17.8 Å². The summed E-state index contributed by atoms with van der Waals surface area (Å²) in [7, 11) is 1.79. The predicted octanol–water partition coefficient (Wildman–Crippen LogP) is 1.53. The van der Waals surface area contributed by atoms with Crippen LogP contribution in [0.1, 0.15) is 12.6 Å². The van der Waals surface area contributed by atoms with Crippen LogP contribution in [0, 0.1) is 17.5 Å². The molecule has 0 aliphatic carbocycles. The Morgan fingerprint density at radius 2 is 1.96 bits per heavy atom. The fourth-order valence-electron chi connectivity index (χ4n) is 2.04. The van der Waals surface area contributed by atoms with Gasteiger partial charge in [-0.1, -0.05) is 0 Å². The van der Waals surface area contributed by atoms with Gasteiger partial charge in [-0.2, -0.15) is 5.10 Å². The van der Waals surface area contributed by atoms with Gasteiger partial charge in [0.2, 0.25) is 5.91 Å². The molecule has 1 heterocycles. The molecule has 0 unspecified atom stereocenters. The lowest BCUT2D eigenvalue weighted by atomic mass is 10.2. The number of carbonyl (C=O) groups excluding carboxylic acids is 1. The van der Waals surface area contributed by atoms with Crippen LogP contribution in [0.2, 0.25) is 0 Å². The number of amides is 1. The number of aryl methyl sites for hydroxylation is 1. The summed E-state index contributed by atoms with van der Waals surface area (Å²) in [5.41, 5.74) is 0.433. The molecule has 0 atom stereocenters. The van der Waals surface area contributed by atoms with Gasteiger partial charge in [0.05, 0.1) is 24.5 Å². The van der Waals surface area contributed by atoms with E-state index in [4.69, 9.17) is 0 Å². The van der Waals surface area contributed by atoms with Crippen LogP contribution in [0.5, 0.6) is 0 Å². The van der Waals surface area contributed by atoms with E-state index in [1.54, 1.807) is 17.9 Å². The van der Waals surface area contributed by atoms with Crippen LogP contribution in [0.25, 0.3) is 0 Å². The molecule has 1 amide bonds. The van der Waals surface area contributed by atoms with Crippen LogP contribution in [-0.4, -0.2) is 34.7 Å². The predicted molar refractivity (Wildman–Crippen MR) is 91.0 cm³/mol. The molecule has 0 saturated heterocycles. The van der Waals surface area contributed by atoms with Crippen molar-refractivity contribution in [3.05, 3.63) is 47.5 Å². The third-order valence-electron chi connectivity index (χ3n) is 3.39. The van der Waals surface area contributed by atoms with Crippen molar-refractivity contribution in [3.8, 4) is 0 Å². The molecule has 1 aromatic heterocycles. The number of rotatable bonds is 6. The maximum atomic E-state index is 13.6. The summed E-state index contributed by atoms with van der Waals surface area (Å²) < 4.78 is 41.3. The molecule has 0 bridgehead atoms. The Balaban J connectivity index is 1.95. The minimum atomic E-state index is -1.64. The number of aliphatic imine (C=N–C) groups is 1. The van der Waals surface area contributed by atoms with Crippen LogP contribution in [0.3, 0.4) is 0 Å². The molecule has 10 heteroatoms. The maximum absolute atomic E-state index is 13.6. The smallest absolute Gasteiger partial charge is 0.243 e. The summed E-state index contributed by atoms with van der Waals surface area (Å²) in [4.78, 5) is 16.2. The zero-order valence-electron chi connectivity index (χ0n) is 14.3. The average molecular weight is 368 g/mol. The average Bonchev–Trinajstić information content (AvgIpc) is 3.03. The molecule has 26 heavy (non-hydrogen) atoms. The van der Waals surface area contributed by atoms with Crippen molar-refractivity contribution in [3.63, 3.8) is 0 Å². The molecule has 2 rings (SSSR count). The highest BCUT2D eigenvalue weighted by Crippen LogP contribution is 2.19. The molecule has 0 radical (unpaired) electrons. The van der Waals surface area contributed by atoms with Crippen molar-refractivity contribution in [2.75, 3.05) is 18.4 Å². The molecular formula is C16H19F3N6O. The number of aromatic nitrogens is 2. The number of halogens is 3. The normalized spacial score (nSPS) is 11.3. The van der Waals surface area contributed by atoms with Crippen molar-refractivity contribution in [2.45, 2.75) is 13.5 Å². The Bertz CT molecular complexity index is 805. The number of hydrogen-bond acceptors (Lipinski definition) is 3. The molecule has 1 aromatic carbocycles. The molecule has 2 aromatic rings. The third-order valence-corrected chi connectivity index (χ3v) is 3.39. The molecule has 0 spiro atoms. The van der Waals surface area contributed by atoms with E-state index in [2.05, 4.69) is 26.0 Å². The van der Waals surface area contributed by atoms with E-state index in [9.17, 15) is 18.0 Å². The van der Waals surface area contributed by atoms with E-state index in [1.165, 1.54) is 0 Å². The Hall–Kier alpha value is -3.04. The first-order valence-corrected chi connectivity index (χ1v) is 7.84. The SMILES string of the molecule is CCNC(=NCc1ccnn1C)NCC(=O)Nc1ccc(F)c(F)c1F. The molecule has 140 valence electrons. The summed E-state index contributed by atoms with van der Waals surface area (Å²) in [6, 6.07) is 3.50. The molecule has 0 aliphatic heterocycles. The van der Waals surface area contributed by atoms with E-state index in [1.807, 2.05) is 13.0 Å². The fourth-order valence-corrected chi connectivity index (χ4v) is 2.04. The summed E-state index contributed by atoms with van der Waals surface area (Å²) in [6.45, 7) is 2.52. The molecule has 0 saturated carbocycles. The van der Waals surface area contributed by atoms with Gasteiger partial charge in [-0.25, -0.2) is 18.2 Å². The minimum Gasteiger partial charge on any atom is -0.357 e. The topological polar surface area (TPSA) is 83.3 Å². The van der Waals surface area contributed by atoms with Crippen molar-refractivity contribution >= 4 is 17.6 Å². The van der Waals surface area contributed by atoms with Gasteiger partial charge in [-0.05, 0) is 25.1 Å². The van der Waals surface area contributed by atoms with Crippen LogP contribution in [0.4, 0.5) is 18.9 Å². The van der Waals surface area contributed by atoms with Gasteiger partial charge < -0.3 is 16.0 Å². The molecule has 3 N–H and O–H groups in total. The number of guanidine groups is 1. The zero-order chi connectivity index (χ0) is 19.1.